The fourth-order valence-electron chi connectivity index (χ4n) is 0.889. The highest BCUT2D eigenvalue weighted by atomic mass is 16.4. The van der Waals surface area contributed by atoms with E-state index in [4.69, 9.17) is 10.3 Å². The molecule has 80 valence electrons. The molecular formula is C8H10N4O3. The van der Waals surface area contributed by atoms with Gasteiger partial charge in [0.15, 0.2) is 0 Å². The van der Waals surface area contributed by atoms with Gasteiger partial charge in [-0.25, -0.2) is 9.78 Å². The number of hydrogen-bond acceptors (Lipinski definition) is 6. The van der Waals surface area contributed by atoms with Gasteiger partial charge in [0, 0.05) is 14.1 Å². The van der Waals surface area contributed by atoms with E-state index in [-0.39, 0.29) is 5.69 Å². The van der Waals surface area contributed by atoms with E-state index in [1.54, 1.807) is 19.0 Å². The van der Waals surface area contributed by atoms with Gasteiger partial charge in [0.05, 0.1) is 12.4 Å². The van der Waals surface area contributed by atoms with Crippen LogP contribution in [-0.4, -0.2) is 46.1 Å². The minimum absolute atomic E-state index is 0.0104. The Balaban J connectivity index is 3.15. The Morgan fingerprint density at radius 1 is 1.47 bits per heavy atom. The quantitative estimate of drug-likeness (QED) is 0.407. The zero-order valence-corrected chi connectivity index (χ0v) is 8.25. The highest BCUT2D eigenvalue weighted by molar-refractivity contribution is 6.41. The molecule has 7 nitrogen and oxygen atoms in total. The summed E-state index contributed by atoms with van der Waals surface area (Å²) < 4.78 is 0. The van der Waals surface area contributed by atoms with E-state index in [1.165, 1.54) is 12.4 Å². The molecule has 0 saturated heterocycles. The number of hydrogen-bond donors (Lipinski definition) is 2. The van der Waals surface area contributed by atoms with Gasteiger partial charge in [-0.1, -0.05) is 5.16 Å². The molecule has 0 spiro atoms. The molecule has 0 aliphatic heterocycles. The molecule has 7 heteroatoms. The molecule has 0 aliphatic rings. The van der Waals surface area contributed by atoms with Crippen molar-refractivity contribution >= 4 is 17.5 Å². The Bertz CT molecular complexity index is 403. The smallest absolute Gasteiger partial charge is 0.360 e. The summed E-state index contributed by atoms with van der Waals surface area (Å²) in [5.74, 6) is -0.877. The van der Waals surface area contributed by atoms with Crippen molar-refractivity contribution in [1.82, 2.24) is 9.97 Å². The first-order valence-electron chi connectivity index (χ1n) is 4.01. The van der Waals surface area contributed by atoms with Crippen molar-refractivity contribution in [3.63, 3.8) is 0 Å². The van der Waals surface area contributed by atoms with Crippen molar-refractivity contribution in [2.45, 2.75) is 0 Å². The summed E-state index contributed by atoms with van der Waals surface area (Å²) in [5, 5.41) is 19.8. The predicted octanol–water partition coefficient (Wildman–Crippen LogP) is -0.195. The summed E-state index contributed by atoms with van der Waals surface area (Å²) in [5.41, 5.74) is -0.526. The third-order valence-electron chi connectivity index (χ3n) is 1.63. The number of carboxylic acid groups (broad SMARTS) is 1. The van der Waals surface area contributed by atoms with Crippen LogP contribution in [0.2, 0.25) is 0 Å². The molecule has 0 aromatic carbocycles. The SMILES string of the molecule is CN(C)c1cncc(/C(=N\O)C(=O)O)n1. The fourth-order valence-corrected chi connectivity index (χ4v) is 0.889. The second-order valence-corrected chi connectivity index (χ2v) is 2.91. The number of aliphatic carboxylic acids is 1. The minimum Gasteiger partial charge on any atom is -0.476 e. The van der Waals surface area contributed by atoms with E-state index in [1.807, 2.05) is 0 Å². The summed E-state index contributed by atoms with van der Waals surface area (Å²) in [4.78, 5) is 20.1. The number of rotatable bonds is 3. The molecule has 1 aromatic heterocycles. The van der Waals surface area contributed by atoms with Crippen LogP contribution in [0, 0.1) is 0 Å². The topological polar surface area (TPSA) is 98.9 Å². The number of anilines is 1. The first kappa shape index (κ1) is 10.9. The van der Waals surface area contributed by atoms with Crippen LogP contribution < -0.4 is 4.90 Å². The maximum absolute atomic E-state index is 10.6. The molecule has 0 atom stereocenters. The van der Waals surface area contributed by atoms with Crippen molar-refractivity contribution in [1.29, 1.82) is 0 Å². The molecule has 1 heterocycles. The fraction of sp³-hybridized carbons (Fsp3) is 0.250. The van der Waals surface area contributed by atoms with E-state index in [0.717, 1.165) is 0 Å². The van der Waals surface area contributed by atoms with E-state index in [9.17, 15) is 4.79 Å². The van der Waals surface area contributed by atoms with Crippen molar-refractivity contribution < 1.29 is 15.1 Å². The standard InChI is InChI=1S/C8H10N4O3/c1-12(2)6-4-9-3-5(10-6)7(11-15)8(13)14/h3-4,15H,1-2H3,(H,13,14)/b11-7+. The zero-order chi connectivity index (χ0) is 11.4. The maximum Gasteiger partial charge on any atom is 0.360 e. The minimum atomic E-state index is -1.36. The molecule has 0 saturated carbocycles. The maximum atomic E-state index is 10.6. The van der Waals surface area contributed by atoms with Gasteiger partial charge in [-0.3, -0.25) is 4.98 Å². The summed E-state index contributed by atoms with van der Waals surface area (Å²) in [7, 11) is 3.48. The van der Waals surface area contributed by atoms with Gasteiger partial charge in [-0.2, -0.15) is 0 Å². The lowest BCUT2D eigenvalue weighted by molar-refractivity contribution is -0.129. The summed E-state index contributed by atoms with van der Waals surface area (Å²) in [6.07, 6.45) is 2.69. The highest BCUT2D eigenvalue weighted by Crippen LogP contribution is 2.06. The molecule has 0 radical (unpaired) electrons. The van der Waals surface area contributed by atoms with Crippen LogP contribution >= 0.6 is 0 Å². The molecule has 0 amide bonds. The number of nitrogens with zero attached hydrogens (tertiary/aromatic N) is 4. The largest absolute Gasteiger partial charge is 0.476 e. The monoisotopic (exact) mass is 210 g/mol. The van der Waals surface area contributed by atoms with Crippen molar-refractivity contribution in [3.05, 3.63) is 18.1 Å². The average Bonchev–Trinajstić information content (AvgIpc) is 2.18. The predicted molar refractivity (Wildman–Crippen MR) is 52.3 cm³/mol. The first-order chi connectivity index (χ1) is 7.06. The van der Waals surface area contributed by atoms with Crippen molar-refractivity contribution in [2.75, 3.05) is 19.0 Å². The highest BCUT2D eigenvalue weighted by Gasteiger charge is 2.16. The summed E-state index contributed by atoms with van der Waals surface area (Å²) in [6, 6.07) is 0. The van der Waals surface area contributed by atoms with E-state index in [2.05, 4.69) is 15.1 Å². The van der Waals surface area contributed by atoms with Gasteiger partial charge in [-0.05, 0) is 0 Å². The molecular weight excluding hydrogens is 200 g/mol. The lowest BCUT2D eigenvalue weighted by Gasteiger charge is -2.10. The Kier molecular flexibility index (Phi) is 3.17. The third-order valence-corrected chi connectivity index (χ3v) is 1.63. The number of oxime groups is 1. The van der Waals surface area contributed by atoms with Crippen molar-refractivity contribution in [2.24, 2.45) is 5.16 Å². The van der Waals surface area contributed by atoms with Crippen LogP contribution in [0.3, 0.4) is 0 Å². The molecule has 1 rings (SSSR count). The van der Waals surface area contributed by atoms with Gasteiger partial charge in [0.1, 0.15) is 11.5 Å². The zero-order valence-electron chi connectivity index (χ0n) is 8.25. The number of carboxylic acids is 1. The first-order valence-corrected chi connectivity index (χ1v) is 4.01. The molecule has 1 aromatic rings. The van der Waals surface area contributed by atoms with E-state index >= 15 is 0 Å². The van der Waals surface area contributed by atoms with Crippen LogP contribution in [0.15, 0.2) is 17.5 Å². The van der Waals surface area contributed by atoms with Gasteiger partial charge in [-0.15, -0.1) is 0 Å². The normalized spacial score (nSPS) is 11.2. The van der Waals surface area contributed by atoms with Crippen LogP contribution in [-0.2, 0) is 4.79 Å². The van der Waals surface area contributed by atoms with Crippen LogP contribution in [0.4, 0.5) is 5.82 Å². The number of carbonyl (C=O) groups is 1. The second kappa shape index (κ2) is 4.36. The Morgan fingerprint density at radius 3 is 2.60 bits per heavy atom. The molecule has 0 unspecified atom stereocenters. The van der Waals surface area contributed by atoms with Gasteiger partial charge >= 0.3 is 5.97 Å². The van der Waals surface area contributed by atoms with Crippen molar-refractivity contribution in [3.8, 4) is 0 Å². The molecule has 15 heavy (non-hydrogen) atoms. The van der Waals surface area contributed by atoms with Gasteiger partial charge in [0.25, 0.3) is 0 Å². The summed E-state index contributed by atoms with van der Waals surface area (Å²) in [6.45, 7) is 0. The number of aromatic nitrogens is 2. The van der Waals surface area contributed by atoms with Crippen LogP contribution in [0.25, 0.3) is 0 Å². The Morgan fingerprint density at radius 2 is 2.13 bits per heavy atom. The van der Waals surface area contributed by atoms with E-state index < -0.39 is 11.7 Å². The van der Waals surface area contributed by atoms with Gasteiger partial charge in [0.2, 0.25) is 5.71 Å². The lowest BCUT2D eigenvalue weighted by Crippen LogP contribution is -2.19. The molecule has 0 aliphatic carbocycles. The third kappa shape index (κ3) is 2.39. The summed E-state index contributed by atoms with van der Waals surface area (Å²) >= 11 is 0. The Labute approximate surface area is 85.7 Å². The second-order valence-electron chi connectivity index (χ2n) is 2.91. The molecule has 0 fully saturated rings. The average molecular weight is 210 g/mol. The van der Waals surface area contributed by atoms with Crippen LogP contribution in [0.5, 0.6) is 0 Å². The van der Waals surface area contributed by atoms with Gasteiger partial charge < -0.3 is 15.2 Å². The van der Waals surface area contributed by atoms with Crippen LogP contribution in [0.1, 0.15) is 5.69 Å². The lowest BCUT2D eigenvalue weighted by atomic mass is 10.3. The Hall–Kier alpha value is -2.18. The molecule has 0 bridgehead atoms. The molecule has 2 N–H and O–H groups in total. The van der Waals surface area contributed by atoms with E-state index in [0.29, 0.717) is 5.82 Å².